The fraction of sp³-hybridized carbons (Fsp3) is 0.238. The number of hydrogen-bond acceptors (Lipinski definition) is 4. The van der Waals surface area contributed by atoms with Crippen LogP contribution in [0.3, 0.4) is 0 Å². The standard InChI is InChI=1S/C21H22N2O2S/c1-14(2)22-20(24)19-13-26-21(23-19)17-7-9-18(10-8-17)25-12-16-6-4-5-15(3)11-16/h4-11,13-14H,12H2,1-3H3,(H,22,24). The predicted molar refractivity (Wildman–Crippen MR) is 106 cm³/mol. The molecule has 26 heavy (non-hydrogen) atoms. The molecule has 4 nitrogen and oxygen atoms in total. The van der Waals surface area contributed by atoms with Crippen molar-refractivity contribution in [1.29, 1.82) is 0 Å². The van der Waals surface area contributed by atoms with Crippen LogP contribution in [-0.2, 0) is 6.61 Å². The van der Waals surface area contributed by atoms with Crippen LogP contribution in [0.1, 0.15) is 35.5 Å². The van der Waals surface area contributed by atoms with Crippen molar-refractivity contribution in [3.63, 3.8) is 0 Å². The van der Waals surface area contributed by atoms with E-state index in [2.05, 4.69) is 35.4 Å². The smallest absolute Gasteiger partial charge is 0.270 e. The molecule has 1 aromatic heterocycles. The zero-order valence-corrected chi connectivity index (χ0v) is 16.0. The number of ether oxygens (including phenoxy) is 1. The largest absolute Gasteiger partial charge is 0.489 e. The average molecular weight is 366 g/mol. The summed E-state index contributed by atoms with van der Waals surface area (Å²) in [5, 5.41) is 5.46. The highest BCUT2D eigenvalue weighted by molar-refractivity contribution is 7.13. The molecule has 134 valence electrons. The van der Waals surface area contributed by atoms with E-state index in [0.29, 0.717) is 12.3 Å². The van der Waals surface area contributed by atoms with Gasteiger partial charge < -0.3 is 10.1 Å². The van der Waals surface area contributed by atoms with Crippen LogP contribution in [-0.4, -0.2) is 16.9 Å². The number of rotatable bonds is 6. The Morgan fingerprint density at radius 1 is 1.19 bits per heavy atom. The summed E-state index contributed by atoms with van der Waals surface area (Å²) in [5.41, 5.74) is 3.80. The molecule has 0 unspecified atom stereocenters. The van der Waals surface area contributed by atoms with Gasteiger partial charge in [0.2, 0.25) is 0 Å². The highest BCUT2D eigenvalue weighted by atomic mass is 32.1. The van der Waals surface area contributed by atoms with E-state index in [9.17, 15) is 4.79 Å². The van der Waals surface area contributed by atoms with Crippen LogP contribution in [0.4, 0.5) is 0 Å². The van der Waals surface area contributed by atoms with Gasteiger partial charge in [-0.2, -0.15) is 0 Å². The van der Waals surface area contributed by atoms with Crippen molar-refractivity contribution in [1.82, 2.24) is 10.3 Å². The maximum absolute atomic E-state index is 12.0. The first kappa shape index (κ1) is 18.1. The summed E-state index contributed by atoms with van der Waals surface area (Å²) in [6.07, 6.45) is 0. The topological polar surface area (TPSA) is 51.2 Å². The second-order valence-corrected chi connectivity index (χ2v) is 7.33. The highest BCUT2D eigenvalue weighted by Crippen LogP contribution is 2.26. The molecular formula is C21H22N2O2S. The lowest BCUT2D eigenvalue weighted by molar-refractivity contribution is 0.0939. The van der Waals surface area contributed by atoms with Crippen LogP contribution in [0, 0.1) is 6.92 Å². The van der Waals surface area contributed by atoms with Crippen molar-refractivity contribution < 1.29 is 9.53 Å². The minimum absolute atomic E-state index is 0.0949. The maximum atomic E-state index is 12.0. The van der Waals surface area contributed by atoms with Gasteiger partial charge in [0.25, 0.3) is 5.91 Å². The SMILES string of the molecule is Cc1cccc(COc2ccc(-c3nc(C(=O)NC(C)C)cs3)cc2)c1. The van der Waals surface area contributed by atoms with E-state index in [1.54, 1.807) is 5.38 Å². The van der Waals surface area contributed by atoms with Crippen molar-refractivity contribution in [2.45, 2.75) is 33.4 Å². The van der Waals surface area contributed by atoms with Crippen LogP contribution in [0.15, 0.2) is 53.9 Å². The molecule has 0 aliphatic heterocycles. The molecule has 0 saturated heterocycles. The van der Waals surface area contributed by atoms with E-state index in [0.717, 1.165) is 21.9 Å². The molecule has 0 aliphatic carbocycles. The molecule has 5 heteroatoms. The molecule has 0 aliphatic rings. The van der Waals surface area contributed by atoms with E-state index in [1.807, 2.05) is 44.2 Å². The molecule has 0 saturated carbocycles. The number of nitrogens with zero attached hydrogens (tertiary/aromatic N) is 1. The fourth-order valence-corrected chi connectivity index (χ4v) is 3.32. The summed E-state index contributed by atoms with van der Waals surface area (Å²) in [4.78, 5) is 16.4. The number of carbonyl (C=O) groups excluding carboxylic acids is 1. The first-order valence-corrected chi connectivity index (χ1v) is 9.44. The molecule has 0 spiro atoms. The van der Waals surface area contributed by atoms with Crippen molar-refractivity contribution in [3.8, 4) is 16.3 Å². The molecule has 1 N–H and O–H groups in total. The lowest BCUT2D eigenvalue weighted by Gasteiger charge is -2.07. The van der Waals surface area contributed by atoms with Crippen LogP contribution in [0.5, 0.6) is 5.75 Å². The van der Waals surface area contributed by atoms with E-state index < -0.39 is 0 Å². The van der Waals surface area contributed by atoms with E-state index >= 15 is 0 Å². The first-order valence-electron chi connectivity index (χ1n) is 8.56. The van der Waals surface area contributed by atoms with Crippen LogP contribution in [0.2, 0.25) is 0 Å². The van der Waals surface area contributed by atoms with Gasteiger partial charge in [-0.1, -0.05) is 29.8 Å². The van der Waals surface area contributed by atoms with Crippen LogP contribution in [0.25, 0.3) is 10.6 Å². The van der Waals surface area contributed by atoms with Gasteiger partial charge in [0.15, 0.2) is 0 Å². The fourth-order valence-electron chi connectivity index (χ4n) is 2.51. The lowest BCUT2D eigenvalue weighted by atomic mass is 10.1. The summed E-state index contributed by atoms with van der Waals surface area (Å²) in [7, 11) is 0. The van der Waals surface area contributed by atoms with Gasteiger partial charge in [0, 0.05) is 17.0 Å². The summed E-state index contributed by atoms with van der Waals surface area (Å²) in [5.74, 6) is 0.671. The number of carbonyl (C=O) groups is 1. The quantitative estimate of drug-likeness (QED) is 0.679. The third-order valence-corrected chi connectivity index (χ3v) is 4.64. The van der Waals surface area contributed by atoms with E-state index in [1.165, 1.54) is 16.9 Å². The van der Waals surface area contributed by atoms with Gasteiger partial charge in [-0.15, -0.1) is 11.3 Å². The van der Waals surface area contributed by atoms with E-state index in [4.69, 9.17) is 4.74 Å². The predicted octanol–water partition coefficient (Wildman–Crippen LogP) is 4.84. The number of aryl methyl sites for hydroxylation is 1. The Hall–Kier alpha value is -2.66. The third-order valence-electron chi connectivity index (χ3n) is 3.75. The number of thiazole rings is 1. The highest BCUT2D eigenvalue weighted by Gasteiger charge is 2.12. The summed E-state index contributed by atoms with van der Waals surface area (Å²) >= 11 is 1.46. The lowest BCUT2D eigenvalue weighted by Crippen LogP contribution is -2.30. The molecule has 0 fully saturated rings. The number of nitrogens with one attached hydrogen (secondary N) is 1. The maximum Gasteiger partial charge on any atom is 0.270 e. The molecule has 0 radical (unpaired) electrons. The molecule has 1 amide bonds. The number of amides is 1. The molecule has 3 aromatic rings. The van der Waals surface area contributed by atoms with Crippen molar-refractivity contribution in [3.05, 3.63) is 70.7 Å². The monoisotopic (exact) mass is 366 g/mol. The van der Waals surface area contributed by atoms with Crippen molar-refractivity contribution in [2.75, 3.05) is 0 Å². The zero-order valence-electron chi connectivity index (χ0n) is 15.2. The van der Waals surface area contributed by atoms with Crippen molar-refractivity contribution in [2.24, 2.45) is 0 Å². The number of benzene rings is 2. The number of aromatic nitrogens is 1. The second-order valence-electron chi connectivity index (χ2n) is 6.47. The van der Waals surface area contributed by atoms with Crippen LogP contribution >= 0.6 is 11.3 Å². The Balaban J connectivity index is 1.64. The molecule has 3 rings (SSSR count). The van der Waals surface area contributed by atoms with Gasteiger partial charge in [-0.05, 0) is 50.6 Å². The summed E-state index contributed by atoms with van der Waals surface area (Å²) in [6.45, 7) is 6.47. The van der Waals surface area contributed by atoms with Gasteiger partial charge in [0.1, 0.15) is 23.1 Å². The normalized spacial score (nSPS) is 10.8. The van der Waals surface area contributed by atoms with Crippen LogP contribution < -0.4 is 10.1 Å². The first-order chi connectivity index (χ1) is 12.5. The zero-order chi connectivity index (χ0) is 18.5. The Labute approximate surface area is 157 Å². The van der Waals surface area contributed by atoms with Gasteiger partial charge in [0.05, 0.1) is 0 Å². The van der Waals surface area contributed by atoms with Gasteiger partial charge in [-0.25, -0.2) is 4.98 Å². The Kier molecular flexibility index (Phi) is 5.68. The molecule has 0 bridgehead atoms. The Bertz CT molecular complexity index is 885. The minimum Gasteiger partial charge on any atom is -0.489 e. The molecular weight excluding hydrogens is 344 g/mol. The molecule has 0 atom stereocenters. The second kappa shape index (κ2) is 8.15. The summed E-state index contributed by atoms with van der Waals surface area (Å²) < 4.78 is 5.84. The average Bonchev–Trinajstić information content (AvgIpc) is 3.10. The van der Waals surface area contributed by atoms with Gasteiger partial charge in [-0.3, -0.25) is 4.79 Å². The summed E-state index contributed by atoms with van der Waals surface area (Å²) in [6, 6.07) is 16.2. The Morgan fingerprint density at radius 3 is 2.65 bits per heavy atom. The van der Waals surface area contributed by atoms with Gasteiger partial charge >= 0.3 is 0 Å². The minimum atomic E-state index is -0.138. The Morgan fingerprint density at radius 2 is 1.96 bits per heavy atom. The van der Waals surface area contributed by atoms with Crippen molar-refractivity contribution >= 4 is 17.2 Å². The molecule has 1 heterocycles. The molecule has 2 aromatic carbocycles. The third kappa shape index (κ3) is 4.70. The van der Waals surface area contributed by atoms with E-state index in [-0.39, 0.29) is 11.9 Å². The number of hydrogen-bond donors (Lipinski definition) is 1.